The predicted octanol–water partition coefficient (Wildman–Crippen LogP) is 1.86. The lowest BCUT2D eigenvalue weighted by atomic mass is 9.80. The van der Waals surface area contributed by atoms with Crippen molar-refractivity contribution in [3.05, 3.63) is 35.9 Å². The molecule has 0 amide bonds. The smallest absolute Gasteiger partial charge is 0.0975 e. The van der Waals surface area contributed by atoms with E-state index in [1.165, 1.54) is 0 Å². The van der Waals surface area contributed by atoms with Crippen molar-refractivity contribution in [3.8, 4) is 24.7 Å². The zero-order valence-electron chi connectivity index (χ0n) is 8.61. The Balaban J connectivity index is 2.86. The molecule has 15 heavy (non-hydrogen) atoms. The summed E-state index contributed by atoms with van der Waals surface area (Å²) >= 11 is 0. The molecule has 0 bridgehead atoms. The van der Waals surface area contributed by atoms with E-state index in [9.17, 15) is 0 Å². The Morgan fingerprint density at radius 3 is 2.20 bits per heavy atom. The van der Waals surface area contributed by atoms with Gasteiger partial charge in [-0.3, -0.25) is 0 Å². The predicted molar refractivity (Wildman–Crippen MR) is 61.9 cm³/mol. The third kappa shape index (κ3) is 2.88. The maximum atomic E-state index is 8.95. The van der Waals surface area contributed by atoms with Crippen molar-refractivity contribution in [1.29, 1.82) is 0 Å². The molecule has 1 heteroatoms. The second kappa shape index (κ2) is 5.25. The number of benzene rings is 1. The van der Waals surface area contributed by atoms with E-state index in [1.54, 1.807) is 0 Å². The van der Waals surface area contributed by atoms with Crippen molar-refractivity contribution < 1.29 is 5.11 Å². The van der Waals surface area contributed by atoms with Crippen LogP contribution in [0.4, 0.5) is 0 Å². The van der Waals surface area contributed by atoms with Gasteiger partial charge in [-0.15, -0.1) is 12.8 Å². The molecule has 0 spiro atoms. The van der Waals surface area contributed by atoms with Crippen molar-refractivity contribution in [2.45, 2.75) is 12.8 Å². The number of hydrogen-bond acceptors (Lipinski definition) is 1. The standard InChI is InChI=1S/C14H14O/c1-3-14(4-2,10-11-15)12-13-8-6-5-7-9-13/h1-2,5-9,15H,10-12H2. The summed E-state index contributed by atoms with van der Waals surface area (Å²) in [6, 6.07) is 9.82. The zero-order valence-corrected chi connectivity index (χ0v) is 8.61. The average Bonchev–Trinajstić information content (AvgIpc) is 2.30. The Hall–Kier alpha value is -1.70. The molecule has 1 aromatic carbocycles. The van der Waals surface area contributed by atoms with Crippen LogP contribution < -0.4 is 0 Å². The molecule has 76 valence electrons. The van der Waals surface area contributed by atoms with Crippen molar-refractivity contribution >= 4 is 0 Å². The van der Waals surface area contributed by atoms with Gasteiger partial charge in [0, 0.05) is 13.0 Å². The van der Waals surface area contributed by atoms with E-state index in [1.807, 2.05) is 30.3 Å². The average molecular weight is 198 g/mol. The lowest BCUT2D eigenvalue weighted by Crippen LogP contribution is -2.21. The number of terminal acetylenes is 2. The minimum atomic E-state index is -0.657. The van der Waals surface area contributed by atoms with E-state index in [0.29, 0.717) is 12.8 Å². The van der Waals surface area contributed by atoms with E-state index in [2.05, 4.69) is 11.8 Å². The van der Waals surface area contributed by atoms with Gasteiger partial charge in [0.05, 0.1) is 5.41 Å². The van der Waals surface area contributed by atoms with Crippen molar-refractivity contribution in [2.24, 2.45) is 5.41 Å². The molecule has 1 N–H and O–H groups in total. The summed E-state index contributed by atoms with van der Waals surface area (Å²) in [7, 11) is 0. The first-order valence-electron chi connectivity index (χ1n) is 4.86. The summed E-state index contributed by atoms with van der Waals surface area (Å²) in [5.74, 6) is 5.24. The molecule has 0 aromatic heterocycles. The van der Waals surface area contributed by atoms with Crippen LogP contribution in [-0.2, 0) is 6.42 Å². The Bertz CT molecular complexity index is 364. The van der Waals surface area contributed by atoms with Crippen LogP contribution in [0.3, 0.4) is 0 Å². The number of rotatable bonds is 4. The molecular formula is C14H14O. The maximum Gasteiger partial charge on any atom is 0.0975 e. The van der Waals surface area contributed by atoms with Crippen LogP contribution in [-0.4, -0.2) is 11.7 Å². The molecule has 1 nitrogen and oxygen atoms in total. The molecule has 0 aliphatic heterocycles. The minimum Gasteiger partial charge on any atom is -0.396 e. The van der Waals surface area contributed by atoms with Crippen LogP contribution in [0.5, 0.6) is 0 Å². The molecule has 0 saturated carbocycles. The molecule has 0 aliphatic carbocycles. The normalized spacial score (nSPS) is 10.3. The van der Waals surface area contributed by atoms with Gasteiger partial charge in [-0.05, 0) is 12.0 Å². The van der Waals surface area contributed by atoms with Crippen molar-refractivity contribution in [2.75, 3.05) is 6.61 Å². The molecule has 0 unspecified atom stereocenters. The van der Waals surface area contributed by atoms with Gasteiger partial charge in [-0.25, -0.2) is 0 Å². The minimum absolute atomic E-state index is 0.0151. The summed E-state index contributed by atoms with van der Waals surface area (Å²) in [4.78, 5) is 0. The Labute approximate surface area is 91.1 Å². The maximum absolute atomic E-state index is 8.95. The van der Waals surface area contributed by atoms with Crippen molar-refractivity contribution in [3.63, 3.8) is 0 Å². The van der Waals surface area contributed by atoms with E-state index in [4.69, 9.17) is 18.0 Å². The van der Waals surface area contributed by atoms with E-state index >= 15 is 0 Å². The number of hydrogen-bond donors (Lipinski definition) is 1. The first-order valence-corrected chi connectivity index (χ1v) is 4.86. The van der Waals surface area contributed by atoms with Crippen molar-refractivity contribution in [1.82, 2.24) is 0 Å². The third-order valence-corrected chi connectivity index (χ3v) is 2.44. The largest absolute Gasteiger partial charge is 0.396 e. The van der Waals surface area contributed by atoms with E-state index in [0.717, 1.165) is 5.56 Å². The first kappa shape index (κ1) is 11.4. The molecule has 0 heterocycles. The molecular weight excluding hydrogens is 184 g/mol. The van der Waals surface area contributed by atoms with Crippen LogP contribution in [0.25, 0.3) is 0 Å². The van der Waals surface area contributed by atoms with Crippen LogP contribution in [0.15, 0.2) is 30.3 Å². The number of aliphatic hydroxyl groups is 1. The Morgan fingerprint density at radius 2 is 1.73 bits per heavy atom. The molecule has 0 fully saturated rings. The molecule has 0 aliphatic rings. The highest BCUT2D eigenvalue weighted by Gasteiger charge is 2.24. The fourth-order valence-corrected chi connectivity index (χ4v) is 1.51. The summed E-state index contributed by atoms with van der Waals surface area (Å²) < 4.78 is 0. The summed E-state index contributed by atoms with van der Waals surface area (Å²) in [5.41, 5.74) is 0.442. The SMILES string of the molecule is C#CC(C#C)(CCO)Cc1ccccc1. The second-order valence-electron chi connectivity index (χ2n) is 3.51. The van der Waals surface area contributed by atoms with Crippen LogP contribution in [0, 0.1) is 30.1 Å². The van der Waals surface area contributed by atoms with Gasteiger partial charge >= 0.3 is 0 Å². The lowest BCUT2D eigenvalue weighted by molar-refractivity contribution is 0.253. The molecule has 0 atom stereocenters. The molecule has 0 saturated heterocycles. The molecule has 1 rings (SSSR count). The highest BCUT2D eigenvalue weighted by Crippen LogP contribution is 2.25. The highest BCUT2D eigenvalue weighted by molar-refractivity contribution is 5.28. The van der Waals surface area contributed by atoms with Crippen LogP contribution >= 0.6 is 0 Å². The summed E-state index contributed by atoms with van der Waals surface area (Å²) in [6.45, 7) is 0.0151. The molecule has 0 radical (unpaired) electrons. The van der Waals surface area contributed by atoms with Gasteiger partial charge in [-0.1, -0.05) is 42.2 Å². The first-order chi connectivity index (χ1) is 7.26. The van der Waals surface area contributed by atoms with Gasteiger partial charge < -0.3 is 5.11 Å². The van der Waals surface area contributed by atoms with Gasteiger partial charge in [0.25, 0.3) is 0 Å². The molecule has 1 aromatic rings. The third-order valence-electron chi connectivity index (χ3n) is 2.44. The summed E-state index contributed by atoms with van der Waals surface area (Å²) in [6.07, 6.45) is 11.9. The Morgan fingerprint density at radius 1 is 1.13 bits per heavy atom. The summed E-state index contributed by atoms with van der Waals surface area (Å²) in [5, 5.41) is 8.95. The fraction of sp³-hybridized carbons (Fsp3) is 0.286. The zero-order chi connectivity index (χ0) is 11.1. The van der Waals surface area contributed by atoms with Crippen LogP contribution in [0.2, 0.25) is 0 Å². The van der Waals surface area contributed by atoms with E-state index < -0.39 is 5.41 Å². The topological polar surface area (TPSA) is 20.2 Å². The van der Waals surface area contributed by atoms with Crippen LogP contribution in [0.1, 0.15) is 12.0 Å². The monoisotopic (exact) mass is 198 g/mol. The number of aliphatic hydroxyl groups excluding tert-OH is 1. The van der Waals surface area contributed by atoms with Gasteiger partial charge in [0.15, 0.2) is 0 Å². The lowest BCUT2D eigenvalue weighted by Gasteiger charge is -2.21. The van der Waals surface area contributed by atoms with E-state index in [-0.39, 0.29) is 6.61 Å². The van der Waals surface area contributed by atoms with Gasteiger partial charge in [0.2, 0.25) is 0 Å². The second-order valence-corrected chi connectivity index (χ2v) is 3.51. The van der Waals surface area contributed by atoms with Gasteiger partial charge in [-0.2, -0.15) is 0 Å². The highest BCUT2D eigenvalue weighted by atomic mass is 16.3. The quantitative estimate of drug-likeness (QED) is 0.732. The van der Waals surface area contributed by atoms with Gasteiger partial charge in [0.1, 0.15) is 0 Å². The Kier molecular flexibility index (Phi) is 3.98. The fourth-order valence-electron chi connectivity index (χ4n) is 1.51.